The molecule has 0 bridgehead atoms. The molecule has 0 spiro atoms. The quantitative estimate of drug-likeness (QED) is 0.0894. The van der Waals surface area contributed by atoms with Gasteiger partial charge in [0.05, 0.1) is 34.5 Å². The van der Waals surface area contributed by atoms with Gasteiger partial charge in [-0.25, -0.2) is 4.79 Å². The first-order valence-electron chi connectivity index (χ1n) is 17.9. The van der Waals surface area contributed by atoms with Crippen LogP contribution in [0.15, 0.2) is 83.8 Å². The number of aliphatic hydroxyl groups is 1. The normalized spacial score (nSPS) is 14.2. The fourth-order valence-corrected chi connectivity index (χ4v) is 7.91. The summed E-state index contributed by atoms with van der Waals surface area (Å²) in [5.41, 5.74) is -4.43. The zero-order valence-electron chi connectivity index (χ0n) is 31.1. The topological polar surface area (TPSA) is 179 Å². The van der Waals surface area contributed by atoms with Gasteiger partial charge in [-0.05, 0) is 109 Å². The van der Waals surface area contributed by atoms with E-state index in [9.17, 15) is 37.6 Å². The number of amides is 1. The number of carbonyl (C=O) groups excluding carboxylic acids is 1. The lowest BCUT2D eigenvalue weighted by Gasteiger charge is -2.34. The number of carbonyl (C=O) groups is 4. The Morgan fingerprint density at radius 1 is 0.914 bits per heavy atom. The lowest BCUT2D eigenvalue weighted by atomic mass is 9.88. The molecule has 0 aromatic heterocycles. The molecule has 11 nitrogen and oxygen atoms in total. The van der Waals surface area contributed by atoms with Crippen molar-refractivity contribution in [2.24, 2.45) is 0 Å². The van der Waals surface area contributed by atoms with Crippen molar-refractivity contribution in [3.63, 3.8) is 0 Å². The first-order chi connectivity index (χ1) is 27.3. The van der Waals surface area contributed by atoms with Crippen LogP contribution in [-0.2, 0) is 14.4 Å². The van der Waals surface area contributed by atoms with Gasteiger partial charge in [-0.3, -0.25) is 14.4 Å². The number of piperidine rings is 1. The molecule has 4 aromatic carbocycles. The molecule has 0 saturated carbocycles. The fourth-order valence-electron chi connectivity index (χ4n) is 6.86. The number of carboxylic acid groups (broad SMARTS) is 3. The first-order valence-corrected chi connectivity index (χ1v) is 19.5. The summed E-state index contributed by atoms with van der Waals surface area (Å²) < 4.78 is 39.5. The third kappa shape index (κ3) is 12.8. The summed E-state index contributed by atoms with van der Waals surface area (Å²) in [5, 5.41) is 45.9. The van der Waals surface area contributed by atoms with Crippen molar-refractivity contribution >= 4 is 69.6 Å². The van der Waals surface area contributed by atoms with Crippen LogP contribution in [0.3, 0.4) is 0 Å². The van der Waals surface area contributed by atoms with Crippen LogP contribution in [0.5, 0.6) is 0 Å². The highest BCUT2D eigenvalue weighted by molar-refractivity contribution is 8.00. The van der Waals surface area contributed by atoms with Crippen molar-refractivity contribution < 1.29 is 52.8 Å². The number of alkyl halides is 3. The van der Waals surface area contributed by atoms with Gasteiger partial charge in [0.1, 0.15) is 0 Å². The number of carboxylic acids is 3. The smallest absolute Gasteiger partial charge is 0.446 e. The lowest BCUT2D eigenvalue weighted by Crippen LogP contribution is -2.42. The Hall–Kier alpha value is -4.85. The van der Waals surface area contributed by atoms with Crippen LogP contribution in [0, 0.1) is 11.3 Å². The number of halogens is 5. The Kier molecular flexibility index (Phi) is 16.0. The number of likely N-dealkylation sites (N-methyl/N-ethyl adjacent to an activating group) is 1. The Labute approximate surface area is 346 Å². The predicted molar refractivity (Wildman–Crippen MR) is 213 cm³/mol. The van der Waals surface area contributed by atoms with Crippen molar-refractivity contribution in [2.75, 3.05) is 33.2 Å². The summed E-state index contributed by atoms with van der Waals surface area (Å²) in [5.74, 6) is -5.18. The number of likely N-dealkylation sites (tertiary alicyclic amines) is 1. The lowest BCUT2D eigenvalue weighted by molar-refractivity contribution is -0.170. The molecular weight excluding hydrogens is 822 g/mol. The average molecular weight is 863 g/mol. The van der Waals surface area contributed by atoms with E-state index in [1.54, 1.807) is 48.3 Å². The van der Waals surface area contributed by atoms with Crippen LogP contribution < -0.4 is 0 Å². The number of nitriles is 1. The van der Waals surface area contributed by atoms with Gasteiger partial charge < -0.3 is 30.2 Å². The van der Waals surface area contributed by atoms with Gasteiger partial charge in [-0.1, -0.05) is 71.7 Å². The summed E-state index contributed by atoms with van der Waals surface area (Å²) in [6, 6.07) is 25.5. The highest BCUT2D eigenvalue weighted by atomic mass is 35.5. The molecule has 1 aliphatic rings. The minimum Gasteiger partial charge on any atom is -0.481 e. The highest BCUT2D eigenvalue weighted by Gasteiger charge is 2.41. The maximum Gasteiger partial charge on any atom is 0.446 e. The molecule has 1 fully saturated rings. The van der Waals surface area contributed by atoms with E-state index in [0.717, 1.165) is 60.8 Å². The number of hydrogen-bond donors (Lipinski definition) is 4. The van der Waals surface area contributed by atoms with Crippen molar-refractivity contribution in [2.45, 2.75) is 59.9 Å². The Bertz CT molecular complexity index is 2160. The molecule has 1 amide bonds. The standard InChI is InChI=1S/C35H32Cl2F3N3OS.C6H8O7/c1-42(34(44)30-19-23(21-41)18-26-6-2-3-7-28(26)30)22-27(25-10-11-31(36)32(37)20-25)14-17-43-15-12-24(13-16-43)29-8-4-5-9-33(29)45-35(38,39)40;7-3(8)1-6(13,5(11)12)2-4(9)10/h2-11,18-20,24,27H,12-17,22H2,1H3;13H,1-2H2,(H,7,8)(H,9,10)(H,11,12)/t27-;/m1./s1. The van der Waals surface area contributed by atoms with Crippen LogP contribution in [0.2, 0.25) is 10.0 Å². The van der Waals surface area contributed by atoms with E-state index in [4.69, 9.17) is 43.6 Å². The van der Waals surface area contributed by atoms with Gasteiger partial charge in [-0.15, -0.1) is 0 Å². The minimum absolute atomic E-state index is 0.0374. The van der Waals surface area contributed by atoms with Gasteiger partial charge in [0.25, 0.3) is 5.91 Å². The molecule has 1 aliphatic heterocycles. The van der Waals surface area contributed by atoms with Crippen molar-refractivity contribution in [3.05, 3.63) is 111 Å². The highest BCUT2D eigenvalue weighted by Crippen LogP contribution is 2.42. The number of benzene rings is 4. The van der Waals surface area contributed by atoms with E-state index in [2.05, 4.69) is 11.0 Å². The zero-order chi connectivity index (χ0) is 42.8. The fraction of sp³-hybridized carbons (Fsp3) is 0.341. The Morgan fingerprint density at radius 2 is 1.53 bits per heavy atom. The van der Waals surface area contributed by atoms with Gasteiger partial charge >= 0.3 is 23.4 Å². The number of aliphatic carboxylic acids is 3. The van der Waals surface area contributed by atoms with Crippen LogP contribution in [0.4, 0.5) is 13.2 Å². The van der Waals surface area contributed by atoms with E-state index in [1.165, 1.54) is 0 Å². The minimum atomic E-state index is -4.32. The molecule has 5 rings (SSSR count). The SMILES string of the molecule is CN(C[C@@H](CCN1CCC(c2ccccc2SC(F)(F)F)CC1)c1ccc(Cl)c(Cl)c1)C(=O)c1cc(C#N)cc2ccccc12.O=C(O)CC(O)(CC(=O)O)C(=O)O. The van der Waals surface area contributed by atoms with E-state index in [0.29, 0.717) is 27.7 Å². The number of fused-ring (bicyclic) bond motifs is 1. The Balaban J connectivity index is 0.000000492. The van der Waals surface area contributed by atoms with Crippen LogP contribution >= 0.6 is 35.0 Å². The molecule has 1 heterocycles. The monoisotopic (exact) mass is 861 g/mol. The second-order valence-corrected chi connectivity index (χ2v) is 15.8. The van der Waals surface area contributed by atoms with Crippen molar-refractivity contribution in [1.82, 2.24) is 9.80 Å². The van der Waals surface area contributed by atoms with Crippen LogP contribution in [0.1, 0.15) is 71.0 Å². The maximum atomic E-state index is 13.8. The molecule has 4 aromatic rings. The summed E-state index contributed by atoms with van der Waals surface area (Å²) in [7, 11) is 1.77. The third-order valence-corrected chi connectivity index (χ3v) is 11.3. The van der Waals surface area contributed by atoms with Gasteiger partial charge in [0.2, 0.25) is 0 Å². The Morgan fingerprint density at radius 3 is 2.12 bits per heavy atom. The number of nitrogens with zero attached hydrogens (tertiary/aromatic N) is 3. The van der Waals surface area contributed by atoms with E-state index < -0.39 is 41.9 Å². The summed E-state index contributed by atoms with van der Waals surface area (Å²) in [6.45, 7) is 2.71. The van der Waals surface area contributed by atoms with Crippen molar-refractivity contribution in [3.8, 4) is 6.07 Å². The second kappa shape index (κ2) is 20.2. The van der Waals surface area contributed by atoms with E-state index in [-0.39, 0.29) is 34.4 Å². The molecule has 308 valence electrons. The summed E-state index contributed by atoms with van der Waals surface area (Å²) in [4.78, 5) is 48.6. The molecule has 0 aliphatic carbocycles. The molecule has 1 saturated heterocycles. The second-order valence-electron chi connectivity index (χ2n) is 13.9. The number of hydrogen-bond acceptors (Lipinski definition) is 8. The zero-order valence-corrected chi connectivity index (χ0v) is 33.4. The third-order valence-electron chi connectivity index (χ3n) is 9.73. The van der Waals surface area contributed by atoms with Crippen molar-refractivity contribution in [1.29, 1.82) is 5.26 Å². The molecule has 58 heavy (non-hydrogen) atoms. The van der Waals surface area contributed by atoms with Crippen LogP contribution in [-0.4, -0.2) is 98.4 Å². The molecule has 4 N–H and O–H groups in total. The van der Waals surface area contributed by atoms with Gasteiger partial charge in [0, 0.05) is 30.0 Å². The largest absolute Gasteiger partial charge is 0.481 e. The number of rotatable bonds is 14. The molecule has 0 radical (unpaired) electrons. The first kappa shape index (κ1) is 45.8. The van der Waals surface area contributed by atoms with Gasteiger partial charge in [-0.2, -0.15) is 18.4 Å². The van der Waals surface area contributed by atoms with E-state index >= 15 is 0 Å². The summed E-state index contributed by atoms with van der Waals surface area (Å²) in [6.07, 6.45) is -0.00978. The number of thioether (sulfide) groups is 1. The maximum absolute atomic E-state index is 13.8. The van der Waals surface area contributed by atoms with Crippen LogP contribution in [0.25, 0.3) is 10.8 Å². The molecule has 17 heteroatoms. The molecule has 1 atom stereocenters. The molecular formula is C41H40Cl2F3N3O8S. The van der Waals surface area contributed by atoms with Gasteiger partial charge in [0.15, 0.2) is 5.60 Å². The molecule has 0 unspecified atom stereocenters. The van der Waals surface area contributed by atoms with E-state index in [1.807, 2.05) is 42.5 Å². The predicted octanol–water partition coefficient (Wildman–Crippen LogP) is 8.51. The average Bonchev–Trinajstić information content (AvgIpc) is 3.16. The summed E-state index contributed by atoms with van der Waals surface area (Å²) >= 11 is 12.6.